The standard InChI is InChI=1S/C16H11Cl2N3/c17-12-6-8-14(9-7-12)21(13-4-2-1-3-5-13)16-11-19-10-15(18)20-16/h1-11H. The van der Waals surface area contributed by atoms with Gasteiger partial charge in [0.05, 0.1) is 12.4 Å². The SMILES string of the molecule is Clc1ccc(N(c2ccccc2)c2cncc(Cl)n2)cc1. The second kappa shape index (κ2) is 6.12. The minimum atomic E-state index is 0.349. The molecule has 21 heavy (non-hydrogen) atoms. The molecule has 0 spiro atoms. The normalized spacial score (nSPS) is 10.4. The van der Waals surface area contributed by atoms with Gasteiger partial charge in [0.15, 0.2) is 5.82 Å². The van der Waals surface area contributed by atoms with Crippen molar-refractivity contribution < 1.29 is 0 Å². The van der Waals surface area contributed by atoms with Gasteiger partial charge < -0.3 is 0 Å². The molecule has 0 amide bonds. The predicted molar refractivity (Wildman–Crippen MR) is 86.7 cm³/mol. The van der Waals surface area contributed by atoms with Crippen molar-refractivity contribution in [1.29, 1.82) is 0 Å². The second-order valence-corrected chi connectivity index (χ2v) is 5.17. The van der Waals surface area contributed by atoms with Crippen LogP contribution in [0.15, 0.2) is 67.0 Å². The van der Waals surface area contributed by atoms with Crippen molar-refractivity contribution in [3.05, 3.63) is 77.2 Å². The zero-order valence-corrected chi connectivity index (χ0v) is 12.5. The molecule has 3 nitrogen and oxygen atoms in total. The molecule has 2 aromatic carbocycles. The Morgan fingerprint density at radius 3 is 2.10 bits per heavy atom. The van der Waals surface area contributed by atoms with E-state index in [9.17, 15) is 0 Å². The van der Waals surface area contributed by atoms with Gasteiger partial charge in [-0.05, 0) is 36.4 Å². The number of halogens is 2. The maximum Gasteiger partial charge on any atom is 0.157 e. The summed E-state index contributed by atoms with van der Waals surface area (Å²) in [5.41, 5.74) is 1.90. The number of nitrogens with zero attached hydrogens (tertiary/aromatic N) is 3. The molecule has 0 saturated carbocycles. The van der Waals surface area contributed by atoms with Crippen LogP contribution in [0, 0.1) is 0 Å². The second-order valence-electron chi connectivity index (χ2n) is 4.35. The van der Waals surface area contributed by atoms with Crippen molar-refractivity contribution in [3.8, 4) is 0 Å². The summed E-state index contributed by atoms with van der Waals surface area (Å²) < 4.78 is 0. The Hall–Kier alpha value is -2.10. The first-order valence-electron chi connectivity index (χ1n) is 6.32. The Bertz CT molecular complexity index is 730. The van der Waals surface area contributed by atoms with Crippen molar-refractivity contribution in [3.63, 3.8) is 0 Å². The quantitative estimate of drug-likeness (QED) is 0.660. The summed E-state index contributed by atoms with van der Waals surface area (Å²) in [6, 6.07) is 17.4. The molecule has 0 saturated heterocycles. The molecule has 104 valence electrons. The molecular formula is C16H11Cl2N3. The van der Waals surface area contributed by atoms with Crippen molar-refractivity contribution in [1.82, 2.24) is 9.97 Å². The van der Waals surface area contributed by atoms with Crippen LogP contribution < -0.4 is 4.90 Å². The van der Waals surface area contributed by atoms with Crippen LogP contribution in [-0.4, -0.2) is 9.97 Å². The first-order chi connectivity index (χ1) is 10.2. The molecular weight excluding hydrogens is 305 g/mol. The summed E-state index contributed by atoms with van der Waals surface area (Å²) >= 11 is 11.9. The fraction of sp³-hybridized carbons (Fsp3) is 0. The van der Waals surface area contributed by atoms with Gasteiger partial charge in [-0.1, -0.05) is 41.4 Å². The number of anilines is 3. The van der Waals surface area contributed by atoms with E-state index in [0.29, 0.717) is 16.0 Å². The van der Waals surface area contributed by atoms with E-state index in [1.54, 1.807) is 6.20 Å². The number of aromatic nitrogens is 2. The van der Waals surface area contributed by atoms with E-state index in [4.69, 9.17) is 23.2 Å². The van der Waals surface area contributed by atoms with E-state index >= 15 is 0 Å². The number of hydrogen-bond acceptors (Lipinski definition) is 3. The van der Waals surface area contributed by atoms with E-state index in [1.165, 1.54) is 6.20 Å². The lowest BCUT2D eigenvalue weighted by molar-refractivity contribution is 1.12. The Balaban J connectivity index is 2.13. The molecule has 3 aromatic rings. The van der Waals surface area contributed by atoms with Gasteiger partial charge in [-0.2, -0.15) is 0 Å². The van der Waals surface area contributed by atoms with Gasteiger partial charge in [0.25, 0.3) is 0 Å². The van der Waals surface area contributed by atoms with Crippen LogP contribution in [0.2, 0.25) is 10.2 Å². The molecule has 0 N–H and O–H groups in total. The first-order valence-corrected chi connectivity index (χ1v) is 7.08. The molecule has 0 aliphatic carbocycles. The molecule has 5 heteroatoms. The Morgan fingerprint density at radius 2 is 1.43 bits per heavy atom. The van der Waals surface area contributed by atoms with Gasteiger partial charge in [0.1, 0.15) is 5.15 Å². The molecule has 0 bridgehead atoms. The lowest BCUT2D eigenvalue weighted by Crippen LogP contribution is -2.11. The first kappa shape index (κ1) is 13.9. The van der Waals surface area contributed by atoms with Crippen LogP contribution >= 0.6 is 23.2 Å². The molecule has 0 aliphatic heterocycles. The number of rotatable bonds is 3. The average molecular weight is 316 g/mol. The van der Waals surface area contributed by atoms with Crippen LogP contribution in [-0.2, 0) is 0 Å². The molecule has 0 atom stereocenters. The van der Waals surface area contributed by atoms with Gasteiger partial charge in [-0.25, -0.2) is 4.98 Å². The molecule has 0 fully saturated rings. The van der Waals surface area contributed by atoms with Crippen molar-refractivity contribution in [2.45, 2.75) is 0 Å². The van der Waals surface area contributed by atoms with Crippen LogP contribution in [0.3, 0.4) is 0 Å². The monoisotopic (exact) mass is 315 g/mol. The van der Waals surface area contributed by atoms with E-state index < -0.39 is 0 Å². The van der Waals surface area contributed by atoms with Gasteiger partial charge in [-0.3, -0.25) is 9.88 Å². The predicted octanol–water partition coefficient (Wildman–Crippen LogP) is 5.25. The van der Waals surface area contributed by atoms with Gasteiger partial charge in [0, 0.05) is 16.4 Å². The van der Waals surface area contributed by atoms with Gasteiger partial charge in [0.2, 0.25) is 0 Å². The van der Waals surface area contributed by atoms with Crippen molar-refractivity contribution >= 4 is 40.4 Å². The summed E-state index contributed by atoms with van der Waals surface area (Å²) in [5.74, 6) is 0.649. The van der Waals surface area contributed by atoms with Crippen LogP contribution in [0.1, 0.15) is 0 Å². The summed E-state index contributed by atoms with van der Waals surface area (Å²) in [6.45, 7) is 0. The Labute approximate surface area is 132 Å². The third kappa shape index (κ3) is 3.15. The largest absolute Gasteiger partial charge is 0.294 e. The lowest BCUT2D eigenvalue weighted by Gasteiger charge is -2.23. The third-order valence-corrected chi connectivity index (χ3v) is 3.35. The average Bonchev–Trinajstić information content (AvgIpc) is 2.51. The van der Waals surface area contributed by atoms with Crippen molar-refractivity contribution in [2.24, 2.45) is 0 Å². The van der Waals surface area contributed by atoms with Gasteiger partial charge >= 0.3 is 0 Å². The summed E-state index contributed by atoms with van der Waals surface area (Å²) in [4.78, 5) is 10.4. The van der Waals surface area contributed by atoms with E-state index in [0.717, 1.165) is 11.4 Å². The van der Waals surface area contributed by atoms with Crippen LogP contribution in [0.25, 0.3) is 0 Å². The highest BCUT2D eigenvalue weighted by atomic mass is 35.5. The zero-order chi connectivity index (χ0) is 14.7. The minimum absolute atomic E-state index is 0.349. The molecule has 1 heterocycles. The topological polar surface area (TPSA) is 29.0 Å². The van der Waals surface area contributed by atoms with Crippen molar-refractivity contribution in [2.75, 3.05) is 4.90 Å². The highest BCUT2D eigenvalue weighted by molar-refractivity contribution is 6.30. The summed E-state index contributed by atoms with van der Waals surface area (Å²) in [6.07, 6.45) is 3.18. The molecule has 3 rings (SSSR count). The fourth-order valence-corrected chi connectivity index (χ4v) is 2.29. The Morgan fingerprint density at radius 1 is 0.762 bits per heavy atom. The van der Waals surface area contributed by atoms with E-state index in [1.807, 2.05) is 59.5 Å². The fourth-order valence-electron chi connectivity index (χ4n) is 2.02. The lowest BCUT2D eigenvalue weighted by atomic mass is 10.2. The highest BCUT2D eigenvalue weighted by Crippen LogP contribution is 2.33. The highest BCUT2D eigenvalue weighted by Gasteiger charge is 2.13. The van der Waals surface area contributed by atoms with Gasteiger partial charge in [-0.15, -0.1) is 0 Å². The van der Waals surface area contributed by atoms with Crippen LogP contribution in [0.4, 0.5) is 17.2 Å². The Kier molecular flexibility index (Phi) is 4.04. The minimum Gasteiger partial charge on any atom is -0.294 e. The molecule has 0 unspecified atom stereocenters. The molecule has 0 aliphatic rings. The van der Waals surface area contributed by atoms with E-state index in [-0.39, 0.29) is 0 Å². The number of hydrogen-bond donors (Lipinski definition) is 0. The maximum absolute atomic E-state index is 5.97. The van der Waals surface area contributed by atoms with Crippen LogP contribution in [0.5, 0.6) is 0 Å². The third-order valence-electron chi connectivity index (χ3n) is 2.92. The maximum atomic E-state index is 5.97. The molecule has 1 aromatic heterocycles. The van der Waals surface area contributed by atoms with E-state index in [2.05, 4.69) is 9.97 Å². The zero-order valence-electron chi connectivity index (χ0n) is 10.9. The molecule has 0 radical (unpaired) electrons. The smallest absolute Gasteiger partial charge is 0.157 e. The summed E-state index contributed by atoms with van der Waals surface area (Å²) in [7, 11) is 0. The summed E-state index contributed by atoms with van der Waals surface area (Å²) in [5, 5.41) is 1.03. The number of para-hydroxylation sites is 1. The number of benzene rings is 2.